The van der Waals surface area contributed by atoms with Gasteiger partial charge in [0.2, 0.25) is 0 Å². The van der Waals surface area contributed by atoms with E-state index in [-0.39, 0.29) is 6.04 Å². The third-order valence-corrected chi connectivity index (χ3v) is 3.20. The SMILES string of the molecule is CCC(N)c1ncc(C2CCCC2)[nH]1. The van der Waals surface area contributed by atoms with E-state index in [1.165, 1.54) is 31.4 Å². The van der Waals surface area contributed by atoms with E-state index in [2.05, 4.69) is 16.9 Å². The zero-order valence-corrected chi connectivity index (χ0v) is 8.79. The van der Waals surface area contributed by atoms with Crippen molar-refractivity contribution in [3.8, 4) is 0 Å². The van der Waals surface area contributed by atoms with Crippen LogP contribution in [0.5, 0.6) is 0 Å². The molecular weight excluding hydrogens is 174 g/mol. The molecule has 1 unspecified atom stereocenters. The number of aromatic amines is 1. The molecule has 1 saturated carbocycles. The Morgan fingerprint density at radius 3 is 2.93 bits per heavy atom. The lowest BCUT2D eigenvalue weighted by molar-refractivity contribution is 0.646. The predicted molar refractivity (Wildman–Crippen MR) is 57.0 cm³/mol. The highest BCUT2D eigenvalue weighted by Gasteiger charge is 2.19. The smallest absolute Gasteiger partial charge is 0.123 e. The summed E-state index contributed by atoms with van der Waals surface area (Å²) in [4.78, 5) is 7.72. The molecule has 1 aliphatic carbocycles. The van der Waals surface area contributed by atoms with Gasteiger partial charge in [0.05, 0.1) is 6.04 Å². The Hall–Kier alpha value is -0.830. The molecule has 1 fully saturated rings. The van der Waals surface area contributed by atoms with Crippen molar-refractivity contribution in [2.75, 3.05) is 0 Å². The summed E-state index contributed by atoms with van der Waals surface area (Å²) in [5, 5.41) is 0. The molecule has 78 valence electrons. The Morgan fingerprint density at radius 2 is 2.29 bits per heavy atom. The minimum absolute atomic E-state index is 0.0742. The molecule has 1 atom stereocenters. The van der Waals surface area contributed by atoms with Gasteiger partial charge in [0.1, 0.15) is 5.82 Å². The largest absolute Gasteiger partial charge is 0.344 e. The first-order valence-corrected chi connectivity index (χ1v) is 5.61. The Morgan fingerprint density at radius 1 is 1.57 bits per heavy atom. The number of nitrogens with one attached hydrogen (secondary N) is 1. The number of nitrogens with zero attached hydrogens (tertiary/aromatic N) is 1. The molecule has 1 aliphatic rings. The average Bonchev–Trinajstić information content (AvgIpc) is 2.86. The van der Waals surface area contributed by atoms with Crippen LogP contribution < -0.4 is 5.73 Å². The van der Waals surface area contributed by atoms with Crippen molar-refractivity contribution in [2.24, 2.45) is 5.73 Å². The van der Waals surface area contributed by atoms with E-state index in [4.69, 9.17) is 5.73 Å². The van der Waals surface area contributed by atoms with Crippen LogP contribution in [-0.4, -0.2) is 9.97 Å². The molecule has 1 heterocycles. The third kappa shape index (κ3) is 1.82. The molecule has 1 aromatic rings. The Bertz CT molecular complexity index is 286. The van der Waals surface area contributed by atoms with E-state index in [9.17, 15) is 0 Å². The number of hydrogen-bond donors (Lipinski definition) is 2. The number of imidazole rings is 1. The molecule has 3 heteroatoms. The van der Waals surface area contributed by atoms with Crippen LogP contribution in [0.2, 0.25) is 0 Å². The highest BCUT2D eigenvalue weighted by Crippen LogP contribution is 2.33. The molecule has 3 nitrogen and oxygen atoms in total. The molecule has 3 N–H and O–H groups in total. The first kappa shape index (κ1) is 9.71. The van der Waals surface area contributed by atoms with E-state index in [1.807, 2.05) is 6.20 Å². The summed E-state index contributed by atoms with van der Waals surface area (Å²) < 4.78 is 0. The van der Waals surface area contributed by atoms with Gasteiger partial charge >= 0.3 is 0 Å². The van der Waals surface area contributed by atoms with Crippen molar-refractivity contribution in [3.63, 3.8) is 0 Å². The molecule has 0 aliphatic heterocycles. The molecule has 0 bridgehead atoms. The van der Waals surface area contributed by atoms with E-state index in [0.717, 1.165) is 12.2 Å². The third-order valence-electron chi connectivity index (χ3n) is 3.20. The molecule has 0 radical (unpaired) electrons. The molecule has 2 rings (SSSR count). The zero-order valence-electron chi connectivity index (χ0n) is 8.79. The summed E-state index contributed by atoms with van der Waals surface area (Å²) in [6, 6.07) is 0.0742. The Kier molecular flexibility index (Phi) is 2.87. The van der Waals surface area contributed by atoms with Gasteiger partial charge in [0.25, 0.3) is 0 Å². The lowest BCUT2D eigenvalue weighted by atomic mass is 10.1. The number of nitrogens with two attached hydrogens (primary N) is 1. The van der Waals surface area contributed by atoms with Gasteiger partial charge in [-0.05, 0) is 19.3 Å². The van der Waals surface area contributed by atoms with Crippen molar-refractivity contribution in [1.29, 1.82) is 0 Å². The summed E-state index contributed by atoms with van der Waals surface area (Å²) in [5.41, 5.74) is 7.21. The lowest BCUT2D eigenvalue weighted by Gasteiger charge is -2.06. The van der Waals surface area contributed by atoms with Crippen molar-refractivity contribution in [3.05, 3.63) is 17.7 Å². The second-order valence-electron chi connectivity index (χ2n) is 4.22. The molecule has 0 amide bonds. The maximum absolute atomic E-state index is 5.91. The van der Waals surface area contributed by atoms with Crippen molar-refractivity contribution < 1.29 is 0 Å². The number of rotatable bonds is 3. The number of H-pyrrole nitrogens is 1. The summed E-state index contributed by atoms with van der Waals surface area (Å²) in [7, 11) is 0. The van der Waals surface area contributed by atoms with Crippen LogP contribution in [-0.2, 0) is 0 Å². The van der Waals surface area contributed by atoms with Crippen LogP contribution in [0.4, 0.5) is 0 Å². The lowest BCUT2D eigenvalue weighted by Crippen LogP contribution is -2.10. The van der Waals surface area contributed by atoms with Crippen LogP contribution >= 0.6 is 0 Å². The van der Waals surface area contributed by atoms with Crippen LogP contribution in [0.3, 0.4) is 0 Å². The minimum atomic E-state index is 0.0742. The summed E-state index contributed by atoms with van der Waals surface area (Å²) in [6.07, 6.45) is 8.25. The monoisotopic (exact) mass is 193 g/mol. The highest BCUT2D eigenvalue weighted by atomic mass is 15.0. The Labute approximate surface area is 85.1 Å². The Balaban J connectivity index is 2.08. The van der Waals surface area contributed by atoms with Gasteiger partial charge in [0, 0.05) is 17.8 Å². The number of hydrogen-bond acceptors (Lipinski definition) is 2. The topological polar surface area (TPSA) is 54.7 Å². The van der Waals surface area contributed by atoms with Gasteiger partial charge < -0.3 is 10.7 Å². The summed E-state index contributed by atoms with van der Waals surface area (Å²) in [6.45, 7) is 2.09. The van der Waals surface area contributed by atoms with Crippen LogP contribution in [0.25, 0.3) is 0 Å². The second kappa shape index (κ2) is 4.13. The molecule has 0 aromatic carbocycles. The van der Waals surface area contributed by atoms with Crippen molar-refractivity contribution >= 4 is 0 Å². The van der Waals surface area contributed by atoms with E-state index in [1.54, 1.807) is 0 Å². The molecular formula is C11H19N3. The minimum Gasteiger partial charge on any atom is -0.344 e. The first-order valence-electron chi connectivity index (χ1n) is 5.61. The fourth-order valence-electron chi connectivity index (χ4n) is 2.18. The van der Waals surface area contributed by atoms with Crippen molar-refractivity contribution in [1.82, 2.24) is 9.97 Å². The predicted octanol–water partition coefficient (Wildman–Crippen LogP) is 2.48. The standard InChI is InChI=1S/C11H19N3/c1-2-9(12)11-13-7-10(14-11)8-5-3-4-6-8/h7-9H,2-6,12H2,1H3,(H,13,14). The molecule has 1 aromatic heterocycles. The van der Waals surface area contributed by atoms with Crippen molar-refractivity contribution in [2.45, 2.75) is 51.0 Å². The maximum Gasteiger partial charge on any atom is 0.123 e. The molecule has 0 saturated heterocycles. The summed E-state index contributed by atoms with van der Waals surface area (Å²) >= 11 is 0. The highest BCUT2D eigenvalue weighted by molar-refractivity contribution is 5.10. The maximum atomic E-state index is 5.91. The van der Waals surface area contributed by atoms with E-state index in [0.29, 0.717) is 5.92 Å². The molecule has 14 heavy (non-hydrogen) atoms. The van der Waals surface area contributed by atoms with Crippen LogP contribution in [0.15, 0.2) is 6.20 Å². The second-order valence-corrected chi connectivity index (χ2v) is 4.22. The fraction of sp³-hybridized carbons (Fsp3) is 0.727. The van der Waals surface area contributed by atoms with Crippen LogP contribution in [0, 0.1) is 0 Å². The summed E-state index contributed by atoms with van der Waals surface area (Å²) in [5.74, 6) is 1.66. The van der Waals surface area contributed by atoms with Gasteiger partial charge in [-0.15, -0.1) is 0 Å². The number of aromatic nitrogens is 2. The normalized spacial score (nSPS) is 20.1. The first-order chi connectivity index (χ1) is 6.81. The molecule has 0 spiro atoms. The zero-order chi connectivity index (χ0) is 9.97. The van der Waals surface area contributed by atoms with Crippen LogP contribution in [0.1, 0.15) is 62.5 Å². The van der Waals surface area contributed by atoms with Gasteiger partial charge in [0.15, 0.2) is 0 Å². The van der Waals surface area contributed by atoms with Gasteiger partial charge in [-0.1, -0.05) is 19.8 Å². The van der Waals surface area contributed by atoms with Gasteiger partial charge in [-0.25, -0.2) is 4.98 Å². The quantitative estimate of drug-likeness (QED) is 0.774. The fourth-order valence-corrected chi connectivity index (χ4v) is 2.18. The van der Waals surface area contributed by atoms with Gasteiger partial charge in [-0.2, -0.15) is 0 Å². The van der Waals surface area contributed by atoms with E-state index < -0.39 is 0 Å². The average molecular weight is 193 g/mol. The van der Waals surface area contributed by atoms with E-state index >= 15 is 0 Å². The van der Waals surface area contributed by atoms with Gasteiger partial charge in [-0.3, -0.25) is 0 Å².